The van der Waals surface area contributed by atoms with Crippen LogP contribution in [0.5, 0.6) is 0 Å². The van der Waals surface area contributed by atoms with Crippen LogP contribution in [0, 0.1) is 0 Å². The van der Waals surface area contributed by atoms with Crippen LogP contribution in [0.2, 0.25) is 0 Å². The van der Waals surface area contributed by atoms with Crippen molar-refractivity contribution in [2.24, 2.45) is 0 Å². The number of hydrogen-bond acceptors (Lipinski definition) is 4. The Labute approximate surface area is 198 Å². The Morgan fingerprint density at radius 2 is 0.750 bits per heavy atom. The molecule has 4 heteroatoms. The smallest absolute Gasteiger partial charge is 0.334 e. The molecule has 0 aliphatic carbocycles. The van der Waals surface area contributed by atoms with Gasteiger partial charge in [-0.25, -0.2) is 9.59 Å². The standard InChI is InChI=1S/C28H52O4/c1-5-9-13-15-17-19-23-31-27(29)25(21-11-7-3)26(22-12-8-4)28(30)32-24-20-18-16-14-10-6-2/h5-24H2,1-4H3/b26-25-. The second kappa shape index (κ2) is 22.9. The van der Waals surface area contributed by atoms with E-state index in [0.717, 1.165) is 51.4 Å². The second-order valence-electron chi connectivity index (χ2n) is 8.97. The third kappa shape index (κ3) is 16.3. The van der Waals surface area contributed by atoms with Crippen molar-refractivity contribution in [3.8, 4) is 0 Å². The Morgan fingerprint density at radius 1 is 0.438 bits per heavy atom. The molecule has 32 heavy (non-hydrogen) atoms. The number of carbonyl (C=O) groups excluding carboxylic acids is 2. The van der Waals surface area contributed by atoms with E-state index in [9.17, 15) is 9.59 Å². The Bertz CT molecular complexity index is 452. The van der Waals surface area contributed by atoms with E-state index in [-0.39, 0.29) is 11.9 Å². The highest BCUT2D eigenvalue weighted by molar-refractivity contribution is 6.00. The normalized spacial score (nSPS) is 11.9. The fourth-order valence-electron chi connectivity index (χ4n) is 3.73. The molecular formula is C28H52O4. The third-order valence-electron chi connectivity index (χ3n) is 5.88. The molecule has 0 N–H and O–H groups in total. The van der Waals surface area contributed by atoms with E-state index < -0.39 is 0 Å². The van der Waals surface area contributed by atoms with Gasteiger partial charge in [0.05, 0.1) is 13.2 Å². The molecular weight excluding hydrogens is 400 g/mol. The maximum atomic E-state index is 12.9. The summed E-state index contributed by atoms with van der Waals surface area (Å²) in [5.74, 6) is -0.621. The Balaban J connectivity index is 4.86. The van der Waals surface area contributed by atoms with E-state index in [1.807, 2.05) is 0 Å². The third-order valence-corrected chi connectivity index (χ3v) is 5.88. The molecule has 0 aliphatic rings. The first-order valence-corrected chi connectivity index (χ1v) is 13.7. The summed E-state index contributed by atoms with van der Waals surface area (Å²) in [5.41, 5.74) is 1.11. The largest absolute Gasteiger partial charge is 0.462 e. The molecule has 188 valence electrons. The minimum atomic E-state index is -0.311. The van der Waals surface area contributed by atoms with Gasteiger partial charge in [-0.15, -0.1) is 0 Å². The van der Waals surface area contributed by atoms with Crippen LogP contribution in [0.1, 0.15) is 143 Å². The van der Waals surface area contributed by atoms with Crippen LogP contribution in [-0.2, 0) is 19.1 Å². The Kier molecular flexibility index (Phi) is 21.9. The zero-order valence-electron chi connectivity index (χ0n) is 21.8. The second-order valence-corrected chi connectivity index (χ2v) is 8.97. The predicted octanol–water partition coefficient (Wildman–Crippen LogP) is 8.47. The number of esters is 2. The molecule has 0 aromatic heterocycles. The van der Waals surface area contributed by atoms with Crippen LogP contribution < -0.4 is 0 Å². The Hall–Kier alpha value is -1.32. The molecule has 0 bridgehead atoms. The monoisotopic (exact) mass is 452 g/mol. The SMILES string of the molecule is CCCCCCCCOC(=O)/C(CCCC)=C(/CCCC)C(=O)OCCCCCCCC. The topological polar surface area (TPSA) is 52.6 Å². The molecule has 0 saturated carbocycles. The number of ether oxygens (including phenoxy) is 2. The van der Waals surface area contributed by atoms with Crippen LogP contribution in [0.4, 0.5) is 0 Å². The van der Waals surface area contributed by atoms with Gasteiger partial charge < -0.3 is 9.47 Å². The molecule has 0 atom stereocenters. The van der Waals surface area contributed by atoms with Crippen molar-refractivity contribution in [3.63, 3.8) is 0 Å². The maximum absolute atomic E-state index is 12.9. The lowest BCUT2D eigenvalue weighted by Crippen LogP contribution is -2.18. The van der Waals surface area contributed by atoms with E-state index in [0.29, 0.717) is 37.2 Å². The summed E-state index contributed by atoms with van der Waals surface area (Å²) in [4.78, 5) is 25.8. The molecule has 0 heterocycles. The van der Waals surface area contributed by atoms with E-state index in [2.05, 4.69) is 27.7 Å². The molecule has 0 spiro atoms. The van der Waals surface area contributed by atoms with Gasteiger partial charge in [-0.1, -0.05) is 105 Å². The van der Waals surface area contributed by atoms with E-state index >= 15 is 0 Å². The average Bonchev–Trinajstić information content (AvgIpc) is 2.79. The van der Waals surface area contributed by atoms with Gasteiger partial charge in [0.15, 0.2) is 0 Å². The highest BCUT2D eigenvalue weighted by atomic mass is 16.5. The van der Waals surface area contributed by atoms with Gasteiger partial charge in [0, 0.05) is 11.1 Å². The number of carbonyl (C=O) groups is 2. The number of unbranched alkanes of at least 4 members (excludes halogenated alkanes) is 12. The van der Waals surface area contributed by atoms with Crippen molar-refractivity contribution in [2.45, 2.75) is 143 Å². The van der Waals surface area contributed by atoms with Crippen molar-refractivity contribution in [2.75, 3.05) is 13.2 Å². The summed E-state index contributed by atoms with van der Waals surface area (Å²) in [6.07, 6.45) is 18.7. The van der Waals surface area contributed by atoms with Gasteiger partial charge in [-0.3, -0.25) is 0 Å². The minimum absolute atomic E-state index is 0.311. The molecule has 0 saturated heterocycles. The highest BCUT2D eigenvalue weighted by Crippen LogP contribution is 2.22. The van der Waals surface area contributed by atoms with Crippen molar-refractivity contribution in [1.29, 1.82) is 0 Å². The molecule has 0 unspecified atom stereocenters. The molecule has 0 fully saturated rings. The first kappa shape index (κ1) is 30.7. The van der Waals surface area contributed by atoms with Crippen LogP contribution >= 0.6 is 0 Å². The average molecular weight is 453 g/mol. The summed E-state index contributed by atoms with van der Waals surface area (Å²) >= 11 is 0. The van der Waals surface area contributed by atoms with Crippen molar-refractivity contribution >= 4 is 11.9 Å². The lowest BCUT2D eigenvalue weighted by molar-refractivity contribution is -0.142. The highest BCUT2D eigenvalue weighted by Gasteiger charge is 2.22. The minimum Gasteiger partial charge on any atom is -0.462 e. The summed E-state index contributed by atoms with van der Waals surface area (Å²) in [7, 11) is 0. The quantitative estimate of drug-likeness (QED) is 0.0938. The first-order valence-electron chi connectivity index (χ1n) is 13.7. The molecule has 0 amide bonds. The van der Waals surface area contributed by atoms with Crippen molar-refractivity contribution < 1.29 is 19.1 Å². The fourth-order valence-corrected chi connectivity index (χ4v) is 3.73. The molecule has 4 nitrogen and oxygen atoms in total. The summed E-state index contributed by atoms with van der Waals surface area (Å²) < 4.78 is 11.2. The molecule has 0 aromatic rings. The van der Waals surface area contributed by atoms with Gasteiger partial charge in [0.25, 0.3) is 0 Å². The lowest BCUT2D eigenvalue weighted by atomic mass is 9.98. The van der Waals surface area contributed by atoms with E-state index in [1.165, 1.54) is 51.4 Å². The van der Waals surface area contributed by atoms with Crippen LogP contribution in [0.25, 0.3) is 0 Å². The van der Waals surface area contributed by atoms with E-state index in [4.69, 9.17) is 9.47 Å². The van der Waals surface area contributed by atoms with Gasteiger partial charge in [0.2, 0.25) is 0 Å². The summed E-state index contributed by atoms with van der Waals surface area (Å²) in [6.45, 7) is 9.49. The van der Waals surface area contributed by atoms with Crippen LogP contribution in [-0.4, -0.2) is 25.2 Å². The Morgan fingerprint density at radius 3 is 1.09 bits per heavy atom. The van der Waals surface area contributed by atoms with Gasteiger partial charge in [0.1, 0.15) is 0 Å². The van der Waals surface area contributed by atoms with E-state index in [1.54, 1.807) is 0 Å². The van der Waals surface area contributed by atoms with Crippen LogP contribution in [0.15, 0.2) is 11.1 Å². The van der Waals surface area contributed by atoms with Crippen LogP contribution in [0.3, 0.4) is 0 Å². The van der Waals surface area contributed by atoms with Gasteiger partial charge >= 0.3 is 11.9 Å². The molecule has 0 aromatic carbocycles. The maximum Gasteiger partial charge on any atom is 0.334 e. The zero-order chi connectivity index (χ0) is 23.9. The number of rotatable bonds is 22. The lowest BCUT2D eigenvalue weighted by Gasteiger charge is -2.15. The van der Waals surface area contributed by atoms with Crippen molar-refractivity contribution in [1.82, 2.24) is 0 Å². The van der Waals surface area contributed by atoms with Gasteiger partial charge in [-0.05, 0) is 38.5 Å². The molecule has 0 radical (unpaired) electrons. The number of hydrogen-bond donors (Lipinski definition) is 0. The fraction of sp³-hybridized carbons (Fsp3) is 0.857. The van der Waals surface area contributed by atoms with Gasteiger partial charge in [-0.2, -0.15) is 0 Å². The van der Waals surface area contributed by atoms with Crippen molar-refractivity contribution in [3.05, 3.63) is 11.1 Å². The molecule has 0 aliphatic heterocycles. The first-order chi connectivity index (χ1) is 15.6. The summed E-state index contributed by atoms with van der Waals surface area (Å²) in [6, 6.07) is 0. The predicted molar refractivity (Wildman–Crippen MR) is 135 cm³/mol. The molecule has 0 rings (SSSR count). The zero-order valence-corrected chi connectivity index (χ0v) is 21.8. The summed E-state index contributed by atoms with van der Waals surface area (Å²) in [5, 5.41) is 0.